The molecular weight excluding hydrogens is 361 g/mol. The van der Waals surface area contributed by atoms with Crippen LogP contribution in [0.4, 0.5) is 0 Å². The normalized spacial score (nSPS) is 12.2. The number of rotatable bonds is 4. The molecule has 0 spiro atoms. The van der Waals surface area contributed by atoms with Gasteiger partial charge in [0.15, 0.2) is 0 Å². The van der Waals surface area contributed by atoms with Gasteiger partial charge in [-0.05, 0) is 63.8 Å². The molecule has 0 heterocycles. The van der Waals surface area contributed by atoms with Crippen LogP contribution in [0.25, 0.3) is 0 Å². The zero-order valence-electron chi connectivity index (χ0n) is 10.9. The van der Waals surface area contributed by atoms with Gasteiger partial charge in [0, 0.05) is 16.1 Å². The fraction of sp³-hybridized carbons (Fsp3) is 0.200. The zero-order valence-corrected chi connectivity index (χ0v) is 14.0. The van der Waals surface area contributed by atoms with E-state index in [9.17, 15) is 0 Å². The van der Waals surface area contributed by atoms with Crippen LogP contribution in [-0.4, -0.2) is 7.11 Å². The monoisotopic (exact) mass is 373 g/mol. The number of benzene rings is 2. The number of halogens is 3. The minimum Gasteiger partial charge on any atom is -0.496 e. The number of hydrogen-bond donors (Lipinski definition) is 1. The predicted octanol–water partition coefficient (Wildman–Crippen LogP) is 5.01. The van der Waals surface area contributed by atoms with E-state index in [1.165, 1.54) is 0 Å². The Morgan fingerprint density at radius 2 is 1.95 bits per heavy atom. The van der Waals surface area contributed by atoms with Crippen LogP contribution in [0, 0.1) is 0 Å². The van der Waals surface area contributed by atoms with E-state index in [4.69, 9.17) is 33.7 Å². The summed E-state index contributed by atoms with van der Waals surface area (Å²) in [6.45, 7) is 0. The topological polar surface area (TPSA) is 35.2 Å². The van der Waals surface area contributed by atoms with Gasteiger partial charge in [-0.3, -0.25) is 0 Å². The van der Waals surface area contributed by atoms with Crippen molar-refractivity contribution in [2.75, 3.05) is 7.11 Å². The van der Waals surface area contributed by atoms with E-state index in [2.05, 4.69) is 15.9 Å². The highest BCUT2D eigenvalue weighted by Gasteiger charge is 2.12. The van der Waals surface area contributed by atoms with Crippen molar-refractivity contribution in [3.63, 3.8) is 0 Å². The maximum Gasteiger partial charge on any atom is 0.133 e. The first-order valence-corrected chi connectivity index (χ1v) is 7.59. The highest BCUT2D eigenvalue weighted by Crippen LogP contribution is 2.30. The Bertz CT molecular complexity index is 619. The van der Waals surface area contributed by atoms with Gasteiger partial charge in [0.05, 0.1) is 11.6 Å². The Balaban J connectivity index is 2.21. The van der Waals surface area contributed by atoms with Crippen molar-refractivity contribution >= 4 is 39.1 Å². The summed E-state index contributed by atoms with van der Waals surface area (Å²) in [5.41, 5.74) is 8.19. The average molecular weight is 375 g/mol. The van der Waals surface area contributed by atoms with Gasteiger partial charge in [0.25, 0.3) is 0 Å². The molecule has 2 aromatic carbocycles. The van der Waals surface area contributed by atoms with Gasteiger partial charge in [0.1, 0.15) is 5.75 Å². The van der Waals surface area contributed by atoms with Crippen LogP contribution in [-0.2, 0) is 6.42 Å². The lowest BCUT2D eigenvalue weighted by Crippen LogP contribution is -2.13. The van der Waals surface area contributed by atoms with Gasteiger partial charge >= 0.3 is 0 Å². The SMILES string of the molecule is COc1ccc(C(N)Cc2cc(Cl)ccc2Cl)cc1Br. The Hall–Kier alpha value is -0.740. The van der Waals surface area contributed by atoms with Gasteiger partial charge in [-0.25, -0.2) is 0 Å². The third kappa shape index (κ3) is 3.67. The Morgan fingerprint density at radius 1 is 1.20 bits per heavy atom. The summed E-state index contributed by atoms with van der Waals surface area (Å²) < 4.78 is 6.09. The van der Waals surface area contributed by atoms with E-state index in [1.54, 1.807) is 19.2 Å². The van der Waals surface area contributed by atoms with E-state index < -0.39 is 0 Å². The molecule has 0 fully saturated rings. The lowest BCUT2D eigenvalue weighted by Gasteiger charge is -2.15. The highest BCUT2D eigenvalue weighted by molar-refractivity contribution is 9.10. The first kappa shape index (κ1) is 15.6. The number of ether oxygens (including phenoxy) is 1. The summed E-state index contributed by atoms with van der Waals surface area (Å²) in [5, 5.41) is 1.34. The van der Waals surface area contributed by atoms with Crippen molar-refractivity contribution in [3.05, 3.63) is 62.0 Å². The standard InChI is InChI=1S/C15H14BrCl2NO/c1-20-15-5-2-9(7-12(15)16)14(19)8-10-6-11(17)3-4-13(10)18/h2-7,14H,8,19H2,1H3. The number of hydrogen-bond acceptors (Lipinski definition) is 2. The van der Waals surface area contributed by atoms with Crippen LogP contribution < -0.4 is 10.5 Å². The van der Waals surface area contributed by atoms with Crippen LogP contribution in [0.2, 0.25) is 10.0 Å². The maximum absolute atomic E-state index is 6.24. The van der Waals surface area contributed by atoms with Crippen molar-refractivity contribution in [3.8, 4) is 5.75 Å². The molecule has 106 valence electrons. The fourth-order valence-electron chi connectivity index (χ4n) is 1.97. The summed E-state index contributed by atoms with van der Waals surface area (Å²) in [5.74, 6) is 0.779. The van der Waals surface area contributed by atoms with Crippen molar-refractivity contribution in [2.24, 2.45) is 5.73 Å². The molecular formula is C15H14BrCl2NO. The van der Waals surface area contributed by atoms with Crippen LogP contribution in [0.3, 0.4) is 0 Å². The molecule has 0 radical (unpaired) electrons. The summed E-state index contributed by atoms with van der Waals surface area (Å²) in [6, 6.07) is 11.0. The van der Waals surface area contributed by atoms with E-state index in [0.29, 0.717) is 16.5 Å². The molecule has 0 bridgehead atoms. The highest BCUT2D eigenvalue weighted by atomic mass is 79.9. The van der Waals surface area contributed by atoms with E-state index >= 15 is 0 Å². The van der Waals surface area contributed by atoms with Crippen molar-refractivity contribution in [1.82, 2.24) is 0 Å². The van der Waals surface area contributed by atoms with Crippen LogP contribution in [0.15, 0.2) is 40.9 Å². The summed E-state index contributed by atoms with van der Waals surface area (Å²) in [6.07, 6.45) is 0.623. The largest absolute Gasteiger partial charge is 0.496 e. The van der Waals surface area contributed by atoms with Gasteiger partial charge in [-0.2, -0.15) is 0 Å². The Kier molecular flexibility index (Phi) is 5.33. The van der Waals surface area contributed by atoms with Gasteiger partial charge in [-0.1, -0.05) is 29.3 Å². The second-order valence-electron chi connectivity index (χ2n) is 4.44. The molecule has 2 rings (SSSR count). The van der Waals surface area contributed by atoms with Crippen molar-refractivity contribution in [1.29, 1.82) is 0 Å². The summed E-state index contributed by atoms with van der Waals surface area (Å²) in [4.78, 5) is 0. The zero-order chi connectivity index (χ0) is 14.7. The first-order chi connectivity index (χ1) is 9.51. The predicted molar refractivity (Wildman–Crippen MR) is 87.8 cm³/mol. The van der Waals surface area contributed by atoms with E-state index in [-0.39, 0.29) is 6.04 Å². The quantitative estimate of drug-likeness (QED) is 0.816. The molecule has 2 N–H and O–H groups in total. The van der Waals surface area contributed by atoms with Crippen molar-refractivity contribution in [2.45, 2.75) is 12.5 Å². The number of methoxy groups -OCH3 is 1. The Morgan fingerprint density at radius 3 is 2.60 bits per heavy atom. The molecule has 2 nitrogen and oxygen atoms in total. The van der Waals surface area contributed by atoms with Crippen LogP contribution in [0.1, 0.15) is 17.2 Å². The molecule has 0 aliphatic heterocycles. The summed E-state index contributed by atoms with van der Waals surface area (Å²) >= 11 is 15.6. The van der Waals surface area contributed by atoms with E-state index in [1.807, 2.05) is 24.3 Å². The fourth-order valence-corrected chi connectivity index (χ4v) is 2.92. The van der Waals surface area contributed by atoms with Gasteiger partial charge in [-0.15, -0.1) is 0 Å². The number of nitrogens with two attached hydrogens (primary N) is 1. The van der Waals surface area contributed by atoms with Gasteiger partial charge in [0.2, 0.25) is 0 Å². The van der Waals surface area contributed by atoms with Crippen LogP contribution in [0.5, 0.6) is 5.75 Å². The third-order valence-corrected chi connectivity index (χ3v) is 4.28. The molecule has 5 heteroatoms. The summed E-state index contributed by atoms with van der Waals surface area (Å²) in [7, 11) is 1.63. The average Bonchev–Trinajstić information content (AvgIpc) is 2.42. The smallest absolute Gasteiger partial charge is 0.133 e. The minimum absolute atomic E-state index is 0.159. The molecule has 0 saturated carbocycles. The first-order valence-electron chi connectivity index (χ1n) is 6.04. The lowest BCUT2D eigenvalue weighted by molar-refractivity contribution is 0.412. The molecule has 0 amide bonds. The third-order valence-electron chi connectivity index (χ3n) is 3.05. The molecule has 2 aromatic rings. The second kappa shape index (κ2) is 6.81. The second-order valence-corrected chi connectivity index (χ2v) is 6.14. The molecule has 0 saturated heterocycles. The van der Waals surface area contributed by atoms with Crippen LogP contribution >= 0.6 is 39.1 Å². The van der Waals surface area contributed by atoms with Gasteiger partial charge < -0.3 is 10.5 Å². The lowest BCUT2D eigenvalue weighted by atomic mass is 9.99. The molecule has 0 aliphatic carbocycles. The molecule has 0 aromatic heterocycles. The minimum atomic E-state index is -0.159. The Labute approximate surface area is 137 Å². The molecule has 0 aliphatic rings. The molecule has 20 heavy (non-hydrogen) atoms. The van der Waals surface area contributed by atoms with Crippen molar-refractivity contribution < 1.29 is 4.74 Å². The molecule has 1 unspecified atom stereocenters. The molecule has 1 atom stereocenters. The maximum atomic E-state index is 6.24. The van der Waals surface area contributed by atoms with E-state index in [0.717, 1.165) is 21.3 Å².